The van der Waals surface area contributed by atoms with Gasteiger partial charge in [-0.05, 0) is 34.0 Å². The largest absolute Gasteiger partial charge is 0.390 e. The monoisotopic (exact) mass is 259 g/mol. The lowest BCUT2D eigenvalue weighted by Gasteiger charge is -2.15. The second-order valence-electron chi connectivity index (χ2n) is 3.26. The summed E-state index contributed by atoms with van der Waals surface area (Å²) in [6.45, 7) is 1.84. The van der Waals surface area contributed by atoms with E-state index in [2.05, 4.69) is 20.9 Å². The molecule has 0 bridgehead atoms. The van der Waals surface area contributed by atoms with Gasteiger partial charge in [0, 0.05) is 23.3 Å². The van der Waals surface area contributed by atoms with Crippen molar-refractivity contribution in [2.75, 3.05) is 0 Å². The quantitative estimate of drug-likeness (QED) is 0.863. The molecule has 0 saturated carbocycles. The van der Waals surface area contributed by atoms with Crippen LogP contribution >= 0.6 is 15.9 Å². The Hall–Kier alpha value is -0.450. The molecule has 0 radical (unpaired) electrons. The Morgan fingerprint density at radius 3 is 2.64 bits per heavy atom. The number of aliphatic hydroxyl groups excluding tert-OH is 2. The maximum absolute atomic E-state index is 9.57. The van der Waals surface area contributed by atoms with Gasteiger partial charge in [0.05, 0.1) is 12.2 Å². The van der Waals surface area contributed by atoms with E-state index in [1.165, 1.54) is 0 Å². The van der Waals surface area contributed by atoms with E-state index in [1.54, 1.807) is 12.4 Å². The van der Waals surface area contributed by atoms with Crippen molar-refractivity contribution >= 4 is 15.9 Å². The molecule has 2 N–H and O–H groups in total. The van der Waals surface area contributed by atoms with Crippen molar-refractivity contribution < 1.29 is 10.2 Å². The van der Waals surface area contributed by atoms with Crippen LogP contribution in [0.25, 0.3) is 0 Å². The second kappa shape index (κ2) is 5.44. The summed E-state index contributed by atoms with van der Waals surface area (Å²) in [5.74, 6) is 0. The molecule has 1 rings (SSSR count). The van der Waals surface area contributed by atoms with E-state index in [0.717, 1.165) is 10.0 Å². The van der Waals surface area contributed by atoms with E-state index in [1.807, 2.05) is 13.0 Å². The fourth-order valence-corrected chi connectivity index (χ4v) is 1.63. The molecule has 0 aliphatic carbocycles. The average Bonchev–Trinajstić information content (AvgIpc) is 2.16. The lowest BCUT2D eigenvalue weighted by molar-refractivity contribution is 0.0181. The zero-order chi connectivity index (χ0) is 10.6. The first kappa shape index (κ1) is 11.6. The van der Waals surface area contributed by atoms with Crippen molar-refractivity contribution in [3.63, 3.8) is 0 Å². The molecule has 2 unspecified atom stereocenters. The van der Waals surface area contributed by atoms with Gasteiger partial charge in [0.25, 0.3) is 0 Å². The van der Waals surface area contributed by atoms with Gasteiger partial charge < -0.3 is 10.2 Å². The van der Waals surface area contributed by atoms with E-state index < -0.39 is 12.2 Å². The summed E-state index contributed by atoms with van der Waals surface area (Å²) in [5.41, 5.74) is 0.916. The molecule has 0 aliphatic heterocycles. The van der Waals surface area contributed by atoms with Crippen LogP contribution in [0.4, 0.5) is 0 Å². The SMILES string of the molecule is CCC(O)C(O)Cc1cncc(Br)c1. The van der Waals surface area contributed by atoms with Gasteiger partial charge in [0.1, 0.15) is 0 Å². The first-order valence-electron chi connectivity index (χ1n) is 4.59. The van der Waals surface area contributed by atoms with Crippen LogP contribution in [-0.2, 0) is 6.42 Å². The van der Waals surface area contributed by atoms with Crippen LogP contribution in [0.2, 0.25) is 0 Å². The molecule has 2 atom stereocenters. The maximum Gasteiger partial charge on any atom is 0.0839 e. The molecule has 3 nitrogen and oxygen atoms in total. The van der Waals surface area contributed by atoms with E-state index >= 15 is 0 Å². The Kier molecular flexibility index (Phi) is 4.51. The first-order chi connectivity index (χ1) is 6.63. The average molecular weight is 260 g/mol. The van der Waals surface area contributed by atoms with Gasteiger partial charge in [-0.1, -0.05) is 6.92 Å². The standard InChI is InChI=1S/C10H14BrNO2/c1-2-9(13)10(14)4-7-3-8(11)6-12-5-7/h3,5-6,9-10,13-14H,2,4H2,1H3. The third kappa shape index (κ3) is 3.36. The highest BCUT2D eigenvalue weighted by atomic mass is 79.9. The molecule has 1 aromatic heterocycles. The molecule has 0 amide bonds. The number of aliphatic hydroxyl groups is 2. The number of hydrogen-bond acceptors (Lipinski definition) is 3. The lowest BCUT2D eigenvalue weighted by Crippen LogP contribution is -2.27. The molecule has 78 valence electrons. The van der Waals surface area contributed by atoms with E-state index in [9.17, 15) is 10.2 Å². The van der Waals surface area contributed by atoms with Gasteiger partial charge in [-0.2, -0.15) is 0 Å². The van der Waals surface area contributed by atoms with E-state index in [-0.39, 0.29) is 0 Å². The zero-order valence-electron chi connectivity index (χ0n) is 8.02. The van der Waals surface area contributed by atoms with Crippen molar-refractivity contribution in [3.05, 3.63) is 28.5 Å². The Morgan fingerprint density at radius 1 is 1.36 bits per heavy atom. The number of aromatic nitrogens is 1. The van der Waals surface area contributed by atoms with Gasteiger partial charge in [-0.25, -0.2) is 0 Å². The van der Waals surface area contributed by atoms with Gasteiger partial charge in [-0.15, -0.1) is 0 Å². The van der Waals surface area contributed by atoms with Crippen LogP contribution in [0.3, 0.4) is 0 Å². The minimum Gasteiger partial charge on any atom is -0.390 e. The van der Waals surface area contributed by atoms with E-state index in [4.69, 9.17) is 0 Å². The third-order valence-electron chi connectivity index (χ3n) is 2.07. The molecule has 0 saturated heterocycles. The molecule has 4 heteroatoms. The molecule has 1 heterocycles. The number of nitrogens with zero attached hydrogens (tertiary/aromatic N) is 1. The molecule has 0 spiro atoms. The highest BCUT2D eigenvalue weighted by molar-refractivity contribution is 9.10. The predicted octanol–water partition coefficient (Wildman–Crippen LogP) is 1.52. The first-order valence-corrected chi connectivity index (χ1v) is 5.38. The van der Waals surface area contributed by atoms with Crippen LogP contribution in [0.5, 0.6) is 0 Å². The van der Waals surface area contributed by atoms with Crippen LogP contribution < -0.4 is 0 Å². The summed E-state index contributed by atoms with van der Waals surface area (Å²) in [6, 6.07) is 1.89. The molecule has 0 aliphatic rings. The summed E-state index contributed by atoms with van der Waals surface area (Å²) in [5, 5.41) is 18.9. The Balaban J connectivity index is 2.60. The zero-order valence-corrected chi connectivity index (χ0v) is 9.61. The highest BCUT2D eigenvalue weighted by Gasteiger charge is 2.14. The van der Waals surface area contributed by atoms with Crippen molar-refractivity contribution in [1.29, 1.82) is 0 Å². The number of pyridine rings is 1. The molecule has 0 aromatic carbocycles. The van der Waals surface area contributed by atoms with Crippen LogP contribution in [0, 0.1) is 0 Å². The number of halogens is 1. The Labute approximate surface area is 91.9 Å². The summed E-state index contributed by atoms with van der Waals surface area (Å²) in [4.78, 5) is 3.98. The summed E-state index contributed by atoms with van der Waals surface area (Å²) in [7, 11) is 0. The normalized spacial score (nSPS) is 15.1. The van der Waals surface area contributed by atoms with Gasteiger partial charge >= 0.3 is 0 Å². The maximum atomic E-state index is 9.57. The number of rotatable bonds is 4. The smallest absolute Gasteiger partial charge is 0.0839 e. The predicted molar refractivity (Wildman–Crippen MR) is 57.9 cm³/mol. The third-order valence-corrected chi connectivity index (χ3v) is 2.50. The molecular weight excluding hydrogens is 246 g/mol. The van der Waals surface area contributed by atoms with Crippen LogP contribution in [0.1, 0.15) is 18.9 Å². The van der Waals surface area contributed by atoms with Crippen LogP contribution in [0.15, 0.2) is 22.9 Å². The molecule has 1 aromatic rings. The van der Waals surface area contributed by atoms with Crippen molar-refractivity contribution in [2.24, 2.45) is 0 Å². The topological polar surface area (TPSA) is 53.4 Å². The summed E-state index contributed by atoms with van der Waals surface area (Å²) in [6.07, 6.45) is 3.00. The Bertz CT molecular complexity index is 293. The minimum atomic E-state index is -0.712. The number of hydrogen-bond donors (Lipinski definition) is 2. The summed E-state index contributed by atoms with van der Waals surface area (Å²) >= 11 is 3.30. The van der Waals surface area contributed by atoms with Crippen molar-refractivity contribution in [3.8, 4) is 0 Å². The fraction of sp³-hybridized carbons (Fsp3) is 0.500. The van der Waals surface area contributed by atoms with Gasteiger partial charge in [0.2, 0.25) is 0 Å². The molecular formula is C10H14BrNO2. The highest BCUT2D eigenvalue weighted by Crippen LogP contribution is 2.12. The van der Waals surface area contributed by atoms with Gasteiger partial charge in [0.15, 0.2) is 0 Å². The van der Waals surface area contributed by atoms with Crippen molar-refractivity contribution in [1.82, 2.24) is 4.98 Å². The lowest BCUT2D eigenvalue weighted by atomic mass is 10.0. The van der Waals surface area contributed by atoms with Gasteiger partial charge in [-0.3, -0.25) is 4.98 Å². The van der Waals surface area contributed by atoms with Crippen LogP contribution in [-0.4, -0.2) is 27.4 Å². The summed E-state index contributed by atoms with van der Waals surface area (Å²) < 4.78 is 0.883. The molecule has 14 heavy (non-hydrogen) atoms. The van der Waals surface area contributed by atoms with Crippen molar-refractivity contribution in [2.45, 2.75) is 32.0 Å². The Morgan fingerprint density at radius 2 is 2.07 bits per heavy atom. The fourth-order valence-electron chi connectivity index (χ4n) is 1.22. The van der Waals surface area contributed by atoms with E-state index in [0.29, 0.717) is 12.8 Å². The minimum absolute atomic E-state index is 0.432. The second-order valence-corrected chi connectivity index (χ2v) is 4.17. The molecule has 0 fully saturated rings.